The normalized spacial score (nSPS) is 11.8. The molecule has 0 N–H and O–H groups in total. The summed E-state index contributed by atoms with van der Waals surface area (Å²) < 4.78 is 8.41. The lowest BCUT2D eigenvalue weighted by Gasteiger charge is -2.12. The summed E-state index contributed by atoms with van der Waals surface area (Å²) in [4.78, 5) is 15.5. The maximum Gasteiger partial charge on any atom is 0.238 e. The highest BCUT2D eigenvalue weighted by Crippen LogP contribution is 2.37. The summed E-state index contributed by atoms with van der Waals surface area (Å²) >= 11 is 0. The molecule has 0 radical (unpaired) electrons. The SMILES string of the molecule is c1ccc2cc(-c3nc(-c4ccc5c(-c6ccc7c(c6)oc6ccccc67)cccc5c4)nc(-n4c5ccccc5c5ccccc54)n3)ccc2c1. The molecule has 5 nitrogen and oxygen atoms in total. The third-order valence-corrected chi connectivity index (χ3v) is 10.2. The molecule has 0 aliphatic rings. The van der Waals surface area contributed by atoms with Gasteiger partial charge in [-0.1, -0.05) is 127 Å². The topological polar surface area (TPSA) is 56.7 Å². The van der Waals surface area contributed by atoms with Crippen molar-refractivity contribution in [2.45, 2.75) is 0 Å². The van der Waals surface area contributed by atoms with Crippen molar-refractivity contribution in [3.63, 3.8) is 0 Å². The van der Waals surface area contributed by atoms with Crippen LogP contribution < -0.4 is 0 Å². The second-order valence-electron chi connectivity index (χ2n) is 13.3. The largest absolute Gasteiger partial charge is 0.456 e. The van der Waals surface area contributed by atoms with Crippen LogP contribution in [-0.2, 0) is 0 Å². The van der Waals surface area contributed by atoms with Crippen LogP contribution in [0.1, 0.15) is 0 Å². The maximum absolute atomic E-state index is 6.25. The fourth-order valence-corrected chi connectivity index (χ4v) is 7.76. The van der Waals surface area contributed by atoms with Crippen LogP contribution in [0.3, 0.4) is 0 Å². The molecule has 3 aromatic heterocycles. The van der Waals surface area contributed by atoms with Gasteiger partial charge in [0, 0.05) is 32.7 Å². The smallest absolute Gasteiger partial charge is 0.238 e. The van der Waals surface area contributed by atoms with Gasteiger partial charge in [0.2, 0.25) is 5.95 Å². The van der Waals surface area contributed by atoms with E-state index >= 15 is 0 Å². The van der Waals surface area contributed by atoms with Gasteiger partial charge in [-0.3, -0.25) is 4.57 Å². The minimum atomic E-state index is 0.582. The molecule has 11 rings (SSSR count). The van der Waals surface area contributed by atoms with Gasteiger partial charge in [-0.2, -0.15) is 9.97 Å². The molecule has 0 bridgehead atoms. The lowest BCUT2D eigenvalue weighted by Crippen LogP contribution is -2.06. The Bertz CT molecular complexity index is 3150. The molecule has 0 aliphatic carbocycles. The standard InChI is InChI=1S/C47H28N4O/c1-2-11-30-26-33(21-20-29(30)10-1)45-48-46(50-47(49-45)51-41-17-6-3-13-37(41)38-14-4-7-18-42(38)51)34-23-24-36-31(27-34)12-9-16-35(36)32-22-25-40-39-15-5-8-19-43(39)52-44(40)28-32/h1-28H. The molecule has 0 spiro atoms. The summed E-state index contributed by atoms with van der Waals surface area (Å²) in [6.07, 6.45) is 0. The van der Waals surface area contributed by atoms with Crippen molar-refractivity contribution in [2.24, 2.45) is 0 Å². The Kier molecular flexibility index (Phi) is 6.18. The molecular weight excluding hydrogens is 637 g/mol. The average Bonchev–Trinajstić information content (AvgIpc) is 3.75. The number of hydrogen-bond acceptors (Lipinski definition) is 4. The van der Waals surface area contributed by atoms with E-state index in [0.717, 1.165) is 82.2 Å². The van der Waals surface area contributed by atoms with E-state index in [-0.39, 0.29) is 0 Å². The number of aromatic nitrogens is 4. The quantitative estimate of drug-likeness (QED) is 0.188. The van der Waals surface area contributed by atoms with Crippen molar-refractivity contribution in [3.8, 4) is 39.9 Å². The number of fused-ring (bicyclic) bond motifs is 8. The Morgan fingerprint density at radius 1 is 0.365 bits per heavy atom. The van der Waals surface area contributed by atoms with Crippen LogP contribution in [0, 0.1) is 0 Å². The molecule has 11 aromatic rings. The number of para-hydroxylation sites is 3. The van der Waals surface area contributed by atoms with E-state index in [1.165, 1.54) is 5.39 Å². The van der Waals surface area contributed by atoms with Gasteiger partial charge < -0.3 is 4.42 Å². The first-order valence-electron chi connectivity index (χ1n) is 17.4. The van der Waals surface area contributed by atoms with Gasteiger partial charge in [-0.25, -0.2) is 4.98 Å². The van der Waals surface area contributed by atoms with E-state index in [2.05, 4.69) is 162 Å². The van der Waals surface area contributed by atoms with Crippen molar-refractivity contribution >= 4 is 65.3 Å². The highest BCUT2D eigenvalue weighted by molar-refractivity contribution is 6.09. The average molecular weight is 665 g/mol. The summed E-state index contributed by atoms with van der Waals surface area (Å²) in [5.41, 5.74) is 8.00. The van der Waals surface area contributed by atoms with Gasteiger partial charge in [-0.05, 0) is 75.1 Å². The lowest BCUT2D eigenvalue weighted by molar-refractivity contribution is 0.669. The van der Waals surface area contributed by atoms with Crippen LogP contribution in [0.2, 0.25) is 0 Å². The molecule has 5 heteroatoms. The molecule has 3 heterocycles. The fourth-order valence-electron chi connectivity index (χ4n) is 7.76. The highest BCUT2D eigenvalue weighted by Gasteiger charge is 2.18. The van der Waals surface area contributed by atoms with E-state index in [1.807, 2.05) is 12.1 Å². The monoisotopic (exact) mass is 664 g/mol. The molecule has 0 amide bonds. The molecule has 0 aliphatic heterocycles. The highest BCUT2D eigenvalue weighted by atomic mass is 16.3. The Hall–Kier alpha value is -7.11. The zero-order valence-electron chi connectivity index (χ0n) is 27.9. The van der Waals surface area contributed by atoms with Gasteiger partial charge in [0.25, 0.3) is 0 Å². The second kappa shape index (κ2) is 11.2. The summed E-state index contributed by atoms with van der Waals surface area (Å²) in [6.45, 7) is 0. The molecule has 52 heavy (non-hydrogen) atoms. The van der Waals surface area contributed by atoms with Gasteiger partial charge >= 0.3 is 0 Å². The third-order valence-electron chi connectivity index (χ3n) is 10.2. The predicted molar refractivity (Wildman–Crippen MR) is 213 cm³/mol. The van der Waals surface area contributed by atoms with E-state index < -0.39 is 0 Å². The van der Waals surface area contributed by atoms with Crippen LogP contribution in [0.15, 0.2) is 174 Å². The number of rotatable bonds is 4. The summed E-state index contributed by atoms with van der Waals surface area (Å²) in [5, 5.41) is 9.13. The summed E-state index contributed by atoms with van der Waals surface area (Å²) in [6, 6.07) is 59.3. The van der Waals surface area contributed by atoms with Gasteiger partial charge in [0.15, 0.2) is 11.6 Å². The molecule has 242 valence electrons. The van der Waals surface area contributed by atoms with Crippen LogP contribution in [0.5, 0.6) is 0 Å². The molecule has 0 saturated carbocycles. The van der Waals surface area contributed by atoms with Crippen LogP contribution in [-0.4, -0.2) is 19.5 Å². The minimum absolute atomic E-state index is 0.582. The second-order valence-corrected chi connectivity index (χ2v) is 13.3. The molecule has 0 unspecified atom stereocenters. The zero-order valence-corrected chi connectivity index (χ0v) is 27.9. The first kappa shape index (κ1) is 28.7. The van der Waals surface area contributed by atoms with E-state index in [0.29, 0.717) is 17.6 Å². The van der Waals surface area contributed by atoms with Crippen molar-refractivity contribution in [2.75, 3.05) is 0 Å². The Balaban J connectivity index is 1.10. The minimum Gasteiger partial charge on any atom is -0.456 e. The lowest BCUT2D eigenvalue weighted by atomic mass is 9.96. The Morgan fingerprint density at radius 3 is 1.73 bits per heavy atom. The maximum atomic E-state index is 6.25. The molecule has 0 fully saturated rings. The van der Waals surface area contributed by atoms with Crippen LogP contribution in [0.4, 0.5) is 0 Å². The zero-order chi connectivity index (χ0) is 34.2. The fraction of sp³-hybridized carbons (Fsp3) is 0. The molecule has 0 atom stereocenters. The van der Waals surface area contributed by atoms with E-state index in [9.17, 15) is 0 Å². The summed E-state index contributed by atoms with van der Waals surface area (Å²) in [5.74, 6) is 1.82. The summed E-state index contributed by atoms with van der Waals surface area (Å²) in [7, 11) is 0. The van der Waals surface area contributed by atoms with E-state index in [4.69, 9.17) is 19.4 Å². The van der Waals surface area contributed by atoms with Crippen molar-refractivity contribution in [3.05, 3.63) is 170 Å². The van der Waals surface area contributed by atoms with Crippen molar-refractivity contribution in [1.29, 1.82) is 0 Å². The van der Waals surface area contributed by atoms with Crippen molar-refractivity contribution in [1.82, 2.24) is 19.5 Å². The molecular formula is C47H28N4O. The first-order valence-corrected chi connectivity index (χ1v) is 17.4. The van der Waals surface area contributed by atoms with Crippen LogP contribution in [0.25, 0.3) is 105 Å². The predicted octanol–water partition coefficient (Wildman–Crippen LogP) is 12.2. The van der Waals surface area contributed by atoms with Gasteiger partial charge in [0.1, 0.15) is 11.2 Å². The number of furan rings is 1. The molecule has 0 saturated heterocycles. The van der Waals surface area contributed by atoms with Gasteiger partial charge in [-0.15, -0.1) is 0 Å². The first-order chi connectivity index (χ1) is 25.7. The van der Waals surface area contributed by atoms with Crippen LogP contribution >= 0.6 is 0 Å². The number of hydrogen-bond donors (Lipinski definition) is 0. The Morgan fingerprint density at radius 2 is 0.942 bits per heavy atom. The number of nitrogens with zero attached hydrogens (tertiary/aromatic N) is 4. The third kappa shape index (κ3) is 4.46. The van der Waals surface area contributed by atoms with Crippen molar-refractivity contribution < 1.29 is 4.42 Å². The Labute approximate surface area is 298 Å². The van der Waals surface area contributed by atoms with E-state index in [1.54, 1.807) is 0 Å². The molecule has 8 aromatic carbocycles. The number of benzene rings is 8. The van der Waals surface area contributed by atoms with Gasteiger partial charge in [0.05, 0.1) is 11.0 Å².